The molecular weight excluding hydrogens is 243 g/mol. The summed E-state index contributed by atoms with van der Waals surface area (Å²) in [5, 5.41) is 0. The summed E-state index contributed by atoms with van der Waals surface area (Å²) in [4.78, 5) is 4.09. The van der Waals surface area contributed by atoms with E-state index in [1.54, 1.807) is 12.3 Å². The second kappa shape index (κ2) is 5.34. The van der Waals surface area contributed by atoms with E-state index in [-0.39, 0.29) is 11.9 Å². The van der Waals surface area contributed by atoms with Gasteiger partial charge >= 0.3 is 0 Å². The number of nitrogens with one attached hydrogen (secondary N) is 1. The molecule has 0 aliphatic heterocycles. The largest absolute Gasteiger partial charge is 0.383 e. The molecule has 2 aromatic rings. The molecule has 0 aliphatic rings. The summed E-state index contributed by atoms with van der Waals surface area (Å²) in [5.41, 5.74) is 12.2. The third kappa shape index (κ3) is 2.57. The highest BCUT2D eigenvalue weighted by atomic mass is 19.1. The molecule has 100 valence electrons. The van der Waals surface area contributed by atoms with Gasteiger partial charge in [-0.05, 0) is 48.7 Å². The van der Waals surface area contributed by atoms with E-state index in [4.69, 9.17) is 11.6 Å². The van der Waals surface area contributed by atoms with Gasteiger partial charge in [0, 0.05) is 11.8 Å². The predicted molar refractivity (Wildman–Crippen MR) is 73.7 cm³/mol. The number of benzene rings is 1. The van der Waals surface area contributed by atoms with Crippen LogP contribution < -0.4 is 17.0 Å². The monoisotopic (exact) mass is 260 g/mol. The van der Waals surface area contributed by atoms with Gasteiger partial charge in [0.25, 0.3) is 0 Å². The van der Waals surface area contributed by atoms with Crippen molar-refractivity contribution in [2.75, 3.05) is 5.73 Å². The van der Waals surface area contributed by atoms with Crippen molar-refractivity contribution in [3.63, 3.8) is 0 Å². The first kappa shape index (κ1) is 13.5. The number of hydrazine groups is 1. The molecule has 0 amide bonds. The van der Waals surface area contributed by atoms with E-state index in [1.165, 1.54) is 12.1 Å². The second-order valence-electron chi connectivity index (χ2n) is 4.53. The van der Waals surface area contributed by atoms with Gasteiger partial charge in [-0.2, -0.15) is 0 Å². The summed E-state index contributed by atoms with van der Waals surface area (Å²) >= 11 is 0. The number of nitrogens with zero attached hydrogens (tertiary/aromatic N) is 1. The Kier molecular flexibility index (Phi) is 3.78. The third-order valence-corrected chi connectivity index (χ3v) is 3.24. The Balaban J connectivity index is 2.56. The molecule has 1 atom stereocenters. The number of pyridine rings is 1. The smallest absolute Gasteiger partial charge is 0.128 e. The van der Waals surface area contributed by atoms with Crippen molar-refractivity contribution < 1.29 is 4.39 Å². The van der Waals surface area contributed by atoms with Crippen molar-refractivity contribution >= 4 is 5.82 Å². The molecular formula is C14H17FN4. The van der Waals surface area contributed by atoms with Crippen LogP contribution in [0.4, 0.5) is 10.2 Å². The standard InChI is InChI=1S/C14H17FN4/c1-8-5-6-18-14(16)12(8)13(19-17)11-4-3-10(15)7-9(11)2/h3-7,13,19H,17H2,1-2H3,(H2,16,18). The minimum atomic E-state index is -0.311. The van der Waals surface area contributed by atoms with E-state index in [0.29, 0.717) is 5.82 Å². The molecule has 0 fully saturated rings. The SMILES string of the molecule is Cc1cc(F)ccc1C(NN)c1c(C)ccnc1N. The van der Waals surface area contributed by atoms with Crippen molar-refractivity contribution in [1.82, 2.24) is 10.4 Å². The summed E-state index contributed by atoms with van der Waals surface area (Å²) in [6.45, 7) is 3.78. The van der Waals surface area contributed by atoms with Gasteiger partial charge in [0.2, 0.25) is 0 Å². The predicted octanol–water partition coefficient (Wildman–Crippen LogP) is 1.97. The number of halogens is 1. The van der Waals surface area contributed by atoms with Crippen LogP contribution in [0.1, 0.15) is 28.3 Å². The topological polar surface area (TPSA) is 77.0 Å². The maximum Gasteiger partial charge on any atom is 0.128 e. The molecule has 0 spiro atoms. The number of hydrogen-bond donors (Lipinski definition) is 3. The minimum Gasteiger partial charge on any atom is -0.383 e. The van der Waals surface area contributed by atoms with Crippen molar-refractivity contribution in [2.24, 2.45) is 5.84 Å². The van der Waals surface area contributed by atoms with E-state index in [9.17, 15) is 4.39 Å². The van der Waals surface area contributed by atoms with E-state index in [0.717, 1.165) is 22.3 Å². The Morgan fingerprint density at radius 1 is 1.21 bits per heavy atom. The van der Waals surface area contributed by atoms with Gasteiger partial charge in [-0.15, -0.1) is 0 Å². The molecule has 1 heterocycles. The summed E-state index contributed by atoms with van der Waals surface area (Å²) < 4.78 is 13.2. The molecule has 0 radical (unpaired) electrons. The lowest BCUT2D eigenvalue weighted by molar-refractivity contribution is 0.610. The average Bonchev–Trinajstić information content (AvgIpc) is 2.35. The minimum absolute atomic E-state index is 0.270. The first-order valence-electron chi connectivity index (χ1n) is 5.97. The molecule has 0 saturated heterocycles. The maximum absolute atomic E-state index is 13.2. The molecule has 2 rings (SSSR count). The highest BCUT2D eigenvalue weighted by Crippen LogP contribution is 2.29. The van der Waals surface area contributed by atoms with Crippen LogP contribution in [0.5, 0.6) is 0 Å². The Labute approximate surface area is 111 Å². The zero-order valence-corrected chi connectivity index (χ0v) is 10.9. The maximum atomic E-state index is 13.2. The molecule has 5 heteroatoms. The number of nitrogen functional groups attached to an aromatic ring is 1. The molecule has 4 nitrogen and oxygen atoms in total. The summed E-state index contributed by atoms with van der Waals surface area (Å²) in [6, 6.07) is 6.15. The van der Waals surface area contributed by atoms with E-state index >= 15 is 0 Å². The zero-order chi connectivity index (χ0) is 14.0. The molecule has 0 saturated carbocycles. The first-order valence-corrected chi connectivity index (χ1v) is 5.97. The van der Waals surface area contributed by atoms with Crippen LogP contribution in [0.2, 0.25) is 0 Å². The van der Waals surface area contributed by atoms with Gasteiger partial charge in [-0.25, -0.2) is 14.8 Å². The van der Waals surface area contributed by atoms with Crippen molar-refractivity contribution in [2.45, 2.75) is 19.9 Å². The Morgan fingerprint density at radius 2 is 1.95 bits per heavy atom. The van der Waals surface area contributed by atoms with Gasteiger partial charge in [0.15, 0.2) is 0 Å². The first-order chi connectivity index (χ1) is 9.04. The average molecular weight is 260 g/mol. The molecule has 5 N–H and O–H groups in total. The lowest BCUT2D eigenvalue weighted by Crippen LogP contribution is -2.30. The van der Waals surface area contributed by atoms with Gasteiger partial charge < -0.3 is 5.73 Å². The van der Waals surface area contributed by atoms with Crippen LogP contribution in [-0.4, -0.2) is 4.98 Å². The van der Waals surface area contributed by atoms with Crippen LogP contribution >= 0.6 is 0 Å². The number of aryl methyl sites for hydroxylation is 2. The van der Waals surface area contributed by atoms with Crippen molar-refractivity contribution in [3.05, 3.63) is 58.5 Å². The van der Waals surface area contributed by atoms with Crippen molar-refractivity contribution in [3.8, 4) is 0 Å². The van der Waals surface area contributed by atoms with Crippen LogP contribution in [-0.2, 0) is 0 Å². The Hall–Kier alpha value is -1.98. The van der Waals surface area contributed by atoms with Crippen LogP contribution in [0, 0.1) is 19.7 Å². The molecule has 0 aliphatic carbocycles. The molecule has 1 unspecified atom stereocenters. The summed E-state index contributed by atoms with van der Waals surface area (Å²) in [6.07, 6.45) is 1.65. The lowest BCUT2D eigenvalue weighted by Gasteiger charge is -2.22. The lowest BCUT2D eigenvalue weighted by atomic mass is 9.93. The van der Waals surface area contributed by atoms with Gasteiger partial charge in [0.1, 0.15) is 11.6 Å². The molecule has 1 aromatic heterocycles. The second-order valence-corrected chi connectivity index (χ2v) is 4.53. The number of nitrogens with two attached hydrogens (primary N) is 2. The van der Waals surface area contributed by atoms with Crippen molar-refractivity contribution in [1.29, 1.82) is 0 Å². The highest BCUT2D eigenvalue weighted by Gasteiger charge is 2.20. The van der Waals surface area contributed by atoms with Crippen LogP contribution in [0.25, 0.3) is 0 Å². The molecule has 1 aromatic carbocycles. The Bertz CT molecular complexity index is 578. The molecule has 19 heavy (non-hydrogen) atoms. The molecule has 0 bridgehead atoms. The van der Waals surface area contributed by atoms with Gasteiger partial charge in [-0.3, -0.25) is 5.84 Å². The number of hydrogen-bond acceptors (Lipinski definition) is 4. The highest BCUT2D eigenvalue weighted by molar-refractivity contribution is 5.51. The fourth-order valence-electron chi connectivity index (χ4n) is 2.26. The fourth-order valence-corrected chi connectivity index (χ4v) is 2.26. The van der Waals surface area contributed by atoms with E-state index < -0.39 is 0 Å². The van der Waals surface area contributed by atoms with E-state index in [1.807, 2.05) is 19.9 Å². The summed E-state index contributed by atoms with van der Waals surface area (Å²) in [5.74, 6) is 5.81. The normalized spacial score (nSPS) is 12.4. The summed E-state index contributed by atoms with van der Waals surface area (Å²) in [7, 11) is 0. The van der Waals surface area contributed by atoms with E-state index in [2.05, 4.69) is 10.4 Å². The van der Waals surface area contributed by atoms with Crippen LogP contribution in [0.3, 0.4) is 0 Å². The number of anilines is 1. The Morgan fingerprint density at radius 3 is 2.53 bits per heavy atom. The third-order valence-electron chi connectivity index (χ3n) is 3.24. The fraction of sp³-hybridized carbons (Fsp3) is 0.214. The van der Waals surface area contributed by atoms with Crippen LogP contribution in [0.15, 0.2) is 30.5 Å². The zero-order valence-electron chi connectivity index (χ0n) is 10.9. The number of rotatable bonds is 3. The number of aromatic nitrogens is 1. The van der Waals surface area contributed by atoms with Gasteiger partial charge in [-0.1, -0.05) is 6.07 Å². The quantitative estimate of drug-likeness (QED) is 0.582. The van der Waals surface area contributed by atoms with Gasteiger partial charge in [0.05, 0.1) is 6.04 Å².